The summed E-state index contributed by atoms with van der Waals surface area (Å²) in [5, 5.41) is 13.8. The summed E-state index contributed by atoms with van der Waals surface area (Å²) in [5.41, 5.74) is 2.37. The van der Waals surface area contributed by atoms with Gasteiger partial charge in [-0.3, -0.25) is 10.1 Å². The number of hydrogen-bond donors (Lipinski definition) is 1. The molecule has 0 aliphatic heterocycles. The number of benzene rings is 2. The van der Waals surface area contributed by atoms with Crippen molar-refractivity contribution in [1.82, 2.24) is 9.29 Å². The number of carbonyl (C=O) groups excluding carboxylic acids is 1. The largest absolute Gasteiger partial charge is 0.298 e. The minimum absolute atomic E-state index is 0.0788. The topological polar surface area (TPSA) is 103 Å². The molecular weight excluding hydrogens is 444 g/mol. The molecule has 0 atom stereocenters. The van der Waals surface area contributed by atoms with Gasteiger partial charge in [0.1, 0.15) is 0 Å². The second-order valence-electron chi connectivity index (χ2n) is 6.60. The smallest absolute Gasteiger partial charge is 0.257 e. The number of amides is 1. The summed E-state index contributed by atoms with van der Waals surface area (Å²) in [5.74, 6) is -0.399. The lowest BCUT2D eigenvalue weighted by atomic mass is 10.1. The number of nitrogens with one attached hydrogen (secondary N) is 1. The zero-order valence-corrected chi connectivity index (χ0v) is 18.7. The molecule has 0 saturated carbocycles. The Bertz CT molecular complexity index is 1260. The first-order valence-corrected chi connectivity index (χ1v) is 11.8. The van der Waals surface area contributed by atoms with Crippen molar-refractivity contribution in [2.45, 2.75) is 4.90 Å². The van der Waals surface area contributed by atoms with E-state index >= 15 is 0 Å². The van der Waals surface area contributed by atoms with Gasteiger partial charge >= 0.3 is 0 Å². The van der Waals surface area contributed by atoms with Gasteiger partial charge in [0.2, 0.25) is 10.0 Å². The highest BCUT2D eigenvalue weighted by Gasteiger charge is 2.22. The maximum atomic E-state index is 12.8. The fraction of sp³-hybridized carbons (Fsp3) is 0.0870. The Morgan fingerprint density at radius 2 is 1.72 bits per heavy atom. The Balaban J connectivity index is 1.72. The van der Waals surface area contributed by atoms with Crippen LogP contribution in [0.1, 0.15) is 15.9 Å². The van der Waals surface area contributed by atoms with Gasteiger partial charge in [-0.1, -0.05) is 24.3 Å². The number of aromatic nitrogens is 1. The van der Waals surface area contributed by atoms with Crippen LogP contribution in [0.4, 0.5) is 5.13 Å². The maximum absolute atomic E-state index is 12.8. The number of hydrogen-bond acceptors (Lipinski definition) is 6. The van der Waals surface area contributed by atoms with Crippen LogP contribution in [0, 0.1) is 11.3 Å². The number of nitrogens with zero attached hydrogens (tertiary/aromatic N) is 3. The summed E-state index contributed by atoms with van der Waals surface area (Å²) in [6.45, 7) is 7.48. The van der Waals surface area contributed by atoms with Crippen LogP contribution >= 0.6 is 11.3 Å². The fourth-order valence-corrected chi connectivity index (χ4v) is 4.93. The molecule has 0 aliphatic rings. The van der Waals surface area contributed by atoms with Crippen molar-refractivity contribution in [1.29, 1.82) is 5.26 Å². The lowest BCUT2D eigenvalue weighted by Crippen LogP contribution is -2.31. The highest BCUT2D eigenvalue weighted by atomic mass is 32.2. The van der Waals surface area contributed by atoms with Crippen LogP contribution in [0.2, 0.25) is 0 Å². The molecule has 32 heavy (non-hydrogen) atoms. The molecule has 0 radical (unpaired) electrons. The third-order valence-corrected chi connectivity index (χ3v) is 7.06. The molecule has 3 rings (SSSR count). The molecule has 0 spiro atoms. The van der Waals surface area contributed by atoms with Gasteiger partial charge in [-0.25, -0.2) is 13.4 Å². The van der Waals surface area contributed by atoms with E-state index in [0.29, 0.717) is 22.0 Å². The number of thiazole rings is 1. The quantitative estimate of drug-likeness (QED) is 0.476. The summed E-state index contributed by atoms with van der Waals surface area (Å²) in [6.07, 6.45) is 3.01. The molecule has 1 aromatic heterocycles. The van der Waals surface area contributed by atoms with E-state index in [1.54, 1.807) is 29.6 Å². The van der Waals surface area contributed by atoms with Crippen molar-refractivity contribution in [3.05, 3.63) is 90.3 Å². The van der Waals surface area contributed by atoms with Crippen molar-refractivity contribution in [2.75, 3.05) is 18.4 Å². The summed E-state index contributed by atoms with van der Waals surface area (Å²) in [4.78, 5) is 17.1. The number of nitriles is 1. The molecule has 162 valence electrons. The third kappa shape index (κ3) is 5.18. The fourth-order valence-electron chi connectivity index (χ4n) is 2.83. The van der Waals surface area contributed by atoms with E-state index in [2.05, 4.69) is 29.5 Å². The molecule has 1 amide bonds. The van der Waals surface area contributed by atoms with Crippen LogP contribution in [0.15, 0.2) is 84.1 Å². The molecular formula is C23H20N4O3S2. The summed E-state index contributed by atoms with van der Waals surface area (Å²) < 4.78 is 26.8. The van der Waals surface area contributed by atoms with E-state index in [9.17, 15) is 13.2 Å². The van der Waals surface area contributed by atoms with Gasteiger partial charge in [0.25, 0.3) is 5.91 Å². The van der Waals surface area contributed by atoms with Crippen molar-refractivity contribution < 1.29 is 13.2 Å². The van der Waals surface area contributed by atoms with E-state index < -0.39 is 15.9 Å². The van der Waals surface area contributed by atoms with Crippen molar-refractivity contribution >= 4 is 32.4 Å². The summed E-state index contributed by atoms with van der Waals surface area (Å²) >= 11 is 1.27. The van der Waals surface area contributed by atoms with E-state index in [-0.39, 0.29) is 18.0 Å². The second kappa shape index (κ2) is 10.2. The van der Waals surface area contributed by atoms with Gasteiger partial charge < -0.3 is 0 Å². The molecule has 0 fully saturated rings. The molecule has 0 unspecified atom stereocenters. The van der Waals surface area contributed by atoms with Gasteiger partial charge in [0.05, 0.1) is 22.2 Å². The maximum Gasteiger partial charge on any atom is 0.257 e. The van der Waals surface area contributed by atoms with Crippen LogP contribution in [0.3, 0.4) is 0 Å². The third-order valence-electron chi connectivity index (χ3n) is 4.45. The highest BCUT2D eigenvalue weighted by molar-refractivity contribution is 7.89. The van der Waals surface area contributed by atoms with Gasteiger partial charge in [-0.2, -0.15) is 9.57 Å². The number of rotatable bonds is 9. The molecule has 3 aromatic rings. The van der Waals surface area contributed by atoms with Gasteiger partial charge in [-0.15, -0.1) is 24.5 Å². The van der Waals surface area contributed by atoms with Crippen molar-refractivity contribution in [2.24, 2.45) is 0 Å². The van der Waals surface area contributed by atoms with E-state index in [1.807, 2.05) is 0 Å². The monoisotopic (exact) mass is 464 g/mol. The van der Waals surface area contributed by atoms with Crippen LogP contribution in [0.5, 0.6) is 0 Å². The normalized spacial score (nSPS) is 11.0. The predicted octanol–water partition coefficient (Wildman–Crippen LogP) is 4.30. The zero-order valence-electron chi connectivity index (χ0n) is 17.1. The molecule has 1 N–H and O–H groups in total. The SMILES string of the molecule is C=CCN(CC=C)S(=O)(=O)c1ccc(C(=O)Nc2nc(-c3ccc(C#N)cc3)cs2)cc1. The molecule has 9 heteroatoms. The predicted molar refractivity (Wildman–Crippen MR) is 126 cm³/mol. The molecule has 7 nitrogen and oxygen atoms in total. The van der Waals surface area contributed by atoms with Gasteiger partial charge in [-0.05, 0) is 36.4 Å². The minimum atomic E-state index is -3.73. The average molecular weight is 465 g/mol. The number of sulfonamides is 1. The van der Waals surface area contributed by atoms with E-state index in [1.165, 1.54) is 52.1 Å². The van der Waals surface area contributed by atoms with Crippen molar-refractivity contribution in [3.63, 3.8) is 0 Å². The molecule has 1 heterocycles. The van der Waals surface area contributed by atoms with Crippen LogP contribution in [-0.4, -0.2) is 36.7 Å². The Labute approximate surface area is 191 Å². The van der Waals surface area contributed by atoms with Crippen LogP contribution in [-0.2, 0) is 10.0 Å². The lowest BCUT2D eigenvalue weighted by Gasteiger charge is -2.19. The van der Waals surface area contributed by atoms with Gasteiger partial charge in [0.15, 0.2) is 5.13 Å². The Hall–Kier alpha value is -3.58. The number of anilines is 1. The standard InChI is InChI=1S/C23H20N4O3S2/c1-3-13-27(14-4-2)32(29,30)20-11-9-19(10-12-20)22(28)26-23-25-21(16-31-23)18-7-5-17(15-24)6-8-18/h3-12,16H,1-2,13-14H2,(H,25,26,28). The van der Waals surface area contributed by atoms with E-state index in [0.717, 1.165) is 5.56 Å². The minimum Gasteiger partial charge on any atom is -0.298 e. The first-order valence-electron chi connectivity index (χ1n) is 9.48. The summed E-state index contributed by atoms with van der Waals surface area (Å²) in [6, 6.07) is 14.8. The van der Waals surface area contributed by atoms with E-state index in [4.69, 9.17) is 5.26 Å². The average Bonchev–Trinajstić information content (AvgIpc) is 3.27. The van der Waals surface area contributed by atoms with Gasteiger partial charge in [0, 0.05) is 29.6 Å². The zero-order chi connectivity index (χ0) is 23.1. The molecule has 0 aliphatic carbocycles. The van der Waals surface area contributed by atoms with Crippen LogP contribution < -0.4 is 5.32 Å². The Morgan fingerprint density at radius 1 is 1.09 bits per heavy atom. The first kappa shape index (κ1) is 23.1. The van der Waals surface area contributed by atoms with Crippen LogP contribution in [0.25, 0.3) is 11.3 Å². The highest BCUT2D eigenvalue weighted by Crippen LogP contribution is 2.25. The second-order valence-corrected chi connectivity index (χ2v) is 9.40. The first-order chi connectivity index (χ1) is 15.4. The Morgan fingerprint density at radius 3 is 2.28 bits per heavy atom. The van der Waals surface area contributed by atoms with Crippen molar-refractivity contribution in [3.8, 4) is 17.3 Å². The lowest BCUT2D eigenvalue weighted by molar-refractivity contribution is 0.102. The number of carbonyl (C=O) groups is 1. The molecule has 0 bridgehead atoms. The Kier molecular flexibility index (Phi) is 7.33. The molecule has 2 aromatic carbocycles. The molecule has 0 saturated heterocycles. The summed E-state index contributed by atoms with van der Waals surface area (Å²) in [7, 11) is -3.73.